The molecule has 0 atom stereocenters. The van der Waals surface area contributed by atoms with Gasteiger partial charge in [0.05, 0.1) is 14.2 Å². The van der Waals surface area contributed by atoms with Gasteiger partial charge in [-0.2, -0.15) is 4.98 Å². The summed E-state index contributed by atoms with van der Waals surface area (Å²) in [4.78, 5) is 4.28. The van der Waals surface area contributed by atoms with Gasteiger partial charge < -0.3 is 14.2 Å². The molecule has 0 saturated heterocycles. The summed E-state index contributed by atoms with van der Waals surface area (Å²) in [5.74, 6) is 2.19. The molecule has 4 rings (SSSR count). The van der Waals surface area contributed by atoms with Crippen molar-refractivity contribution in [1.29, 1.82) is 0 Å². The van der Waals surface area contributed by atoms with Crippen LogP contribution in [0.5, 0.6) is 17.6 Å². The molecule has 1 aliphatic carbocycles. The topological polar surface area (TPSA) is 58.4 Å². The van der Waals surface area contributed by atoms with Crippen LogP contribution in [0.1, 0.15) is 29.9 Å². The van der Waals surface area contributed by atoms with E-state index in [1.54, 1.807) is 25.0 Å². The van der Waals surface area contributed by atoms with Gasteiger partial charge in [0.1, 0.15) is 12.3 Å². The highest BCUT2D eigenvalue weighted by atomic mass is 16.5. The fourth-order valence-corrected chi connectivity index (χ4v) is 2.98. The van der Waals surface area contributed by atoms with Crippen molar-refractivity contribution in [3.05, 3.63) is 59.8 Å². The maximum absolute atomic E-state index is 5.91. The van der Waals surface area contributed by atoms with E-state index in [1.165, 1.54) is 24.0 Å². The average Bonchev–Trinajstić information content (AvgIpc) is 3.44. The largest absolute Gasteiger partial charge is 0.481 e. The van der Waals surface area contributed by atoms with E-state index in [0.717, 1.165) is 5.69 Å². The molecule has 1 fully saturated rings. The molecule has 134 valence electrons. The zero-order chi connectivity index (χ0) is 17.9. The molecule has 1 aliphatic rings. The minimum absolute atomic E-state index is 0.443. The van der Waals surface area contributed by atoms with Crippen LogP contribution in [0.3, 0.4) is 0 Å². The molecule has 6 nitrogen and oxygen atoms in total. The molecule has 2 heterocycles. The van der Waals surface area contributed by atoms with Crippen LogP contribution in [0.2, 0.25) is 0 Å². The predicted molar refractivity (Wildman–Crippen MR) is 97.2 cm³/mol. The van der Waals surface area contributed by atoms with Crippen LogP contribution in [0.25, 0.3) is 5.69 Å². The van der Waals surface area contributed by atoms with Gasteiger partial charge in [0.2, 0.25) is 17.6 Å². The Balaban J connectivity index is 1.50. The van der Waals surface area contributed by atoms with Crippen molar-refractivity contribution < 1.29 is 14.2 Å². The Bertz CT molecular complexity index is 903. The molecule has 0 bridgehead atoms. The third kappa shape index (κ3) is 3.35. The predicted octanol–water partition coefficient (Wildman–Crippen LogP) is 3.74. The van der Waals surface area contributed by atoms with E-state index in [-0.39, 0.29) is 0 Å². The normalized spacial score (nSPS) is 13.5. The number of ether oxygens (including phenoxy) is 3. The lowest BCUT2D eigenvalue weighted by atomic mass is 10.0. The first-order valence-electron chi connectivity index (χ1n) is 8.64. The molecule has 0 spiro atoms. The number of pyridine rings is 1. The molecule has 0 radical (unpaired) electrons. The lowest BCUT2D eigenvalue weighted by Gasteiger charge is -2.10. The van der Waals surface area contributed by atoms with Crippen LogP contribution in [-0.2, 0) is 6.61 Å². The molecule has 0 N–H and O–H groups in total. The number of benzene rings is 1. The van der Waals surface area contributed by atoms with Crippen molar-refractivity contribution >= 4 is 0 Å². The van der Waals surface area contributed by atoms with Gasteiger partial charge in [0.25, 0.3) is 0 Å². The highest BCUT2D eigenvalue weighted by Gasteiger charge is 2.25. The summed E-state index contributed by atoms with van der Waals surface area (Å²) in [5, 5.41) is 4.48. The summed E-state index contributed by atoms with van der Waals surface area (Å²) in [6, 6.07) is 13.9. The summed E-state index contributed by atoms with van der Waals surface area (Å²) in [6.45, 7) is 0.516. The van der Waals surface area contributed by atoms with E-state index in [0.29, 0.717) is 30.2 Å². The fraction of sp³-hybridized carbons (Fsp3) is 0.300. The molecular weight excluding hydrogens is 330 g/mol. The van der Waals surface area contributed by atoms with Crippen molar-refractivity contribution in [2.45, 2.75) is 25.4 Å². The van der Waals surface area contributed by atoms with E-state index >= 15 is 0 Å². The number of aromatic nitrogens is 3. The highest BCUT2D eigenvalue weighted by molar-refractivity contribution is 5.43. The number of hydrogen-bond donors (Lipinski definition) is 0. The molecule has 2 aromatic heterocycles. The molecule has 0 aliphatic heterocycles. The van der Waals surface area contributed by atoms with E-state index in [4.69, 9.17) is 14.2 Å². The van der Waals surface area contributed by atoms with Crippen LogP contribution in [0, 0.1) is 0 Å². The molecule has 0 amide bonds. The molecule has 1 saturated carbocycles. The van der Waals surface area contributed by atoms with Crippen molar-refractivity contribution in [2.24, 2.45) is 0 Å². The summed E-state index contributed by atoms with van der Waals surface area (Å²) in [5.41, 5.74) is 3.35. The Hall–Kier alpha value is -3.02. The Morgan fingerprint density at radius 3 is 2.62 bits per heavy atom. The molecule has 0 unspecified atom stereocenters. The molecule has 6 heteroatoms. The van der Waals surface area contributed by atoms with Crippen molar-refractivity contribution in [3.63, 3.8) is 0 Å². The highest BCUT2D eigenvalue weighted by Crippen LogP contribution is 2.41. The zero-order valence-electron chi connectivity index (χ0n) is 14.9. The second-order valence-corrected chi connectivity index (χ2v) is 6.24. The number of hydrogen-bond acceptors (Lipinski definition) is 5. The van der Waals surface area contributed by atoms with Gasteiger partial charge in [0.15, 0.2) is 0 Å². The quantitative estimate of drug-likeness (QED) is 0.649. The van der Waals surface area contributed by atoms with Crippen molar-refractivity contribution in [3.8, 4) is 23.3 Å². The van der Waals surface area contributed by atoms with Crippen LogP contribution in [-0.4, -0.2) is 29.0 Å². The standard InChI is InChI=1S/C20H21N3O3/c1-24-18-10-9-17(20(21-18)25-2)23-12-11-19(22-23)26-13-15-5-3-4-6-16(15)14-7-8-14/h3-6,9-12,14H,7-8,13H2,1-2H3. The minimum Gasteiger partial charge on any atom is -0.481 e. The van der Waals surface area contributed by atoms with Gasteiger partial charge in [-0.05, 0) is 36.0 Å². The Kier molecular flexibility index (Phi) is 4.48. The minimum atomic E-state index is 0.443. The fourth-order valence-electron chi connectivity index (χ4n) is 2.98. The Morgan fingerprint density at radius 2 is 1.85 bits per heavy atom. The van der Waals surface area contributed by atoms with Gasteiger partial charge in [-0.25, -0.2) is 4.68 Å². The van der Waals surface area contributed by atoms with E-state index < -0.39 is 0 Å². The van der Waals surface area contributed by atoms with E-state index in [9.17, 15) is 0 Å². The van der Waals surface area contributed by atoms with Gasteiger partial charge in [0, 0.05) is 18.3 Å². The number of rotatable bonds is 7. The molecule has 1 aromatic carbocycles. The average molecular weight is 351 g/mol. The Morgan fingerprint density at radius 1 is 1.00 bits per heavy atom. The number of methoxy groups -OCH3 is 2. The second-order valence-electron chi connectivity index (χ2n) is 6.24. The summed E-state index contributed by atoms with van der Waals surface area (Å²) in [6.07, 6.45) is 4.37. The smallest absolute Gasteiger partial charge is 0.243 e. The third-order valence-electron chi connectivity index (χ3n) is 4.48. The summed E-state index contributed by atoms with van der Waals surface area (Å²) >= 11 is 0. The zero-order valence-corrected chi connectivity index (χ0v) is 14.9. The SMILES string of the molecule is COc1ccc(-n2ccc(OCc3ccccc3C3CC3)n2)c(OC)n1. The third-order valence-corrected chi connectivity index (χ3v) is 4.48. The van der Waals surface area contributed by atoms with Crippen LogP contribution >= 0.6 is 0 Å². The van der Waals surface area contributed by atoms with Crippen LogP contribution < -0.4 is 14.2 Å². The van der Waals surface area contributed by atoms with Gasteiger partial charge in [-0.3, -0.25) is 0 Å². The Labute approximate surface area is 152 Å². The van der Waals surface area contributed by atoms with E-state index in [1.807, 2.05) is 18.3 Å². The monoisotopic (exact) mass is 351 g/mol. The maximum atomic E-state index is 5.91. The maximum Gasteiger partial charge on any atom is 0.243 e. The lowest BCUT2D eigenvalue weighted by Crippen LogP contribution is -2.03. The summed E-state index contributed by atoms with van der Waals surface area (Å²) < 4.78 is 18.1. The molecule has 26 heavy (non-hydrogen) atoms. The lowest BCUT2D eigenvalue weighted by molar-refractivity contribution is 0.290. The van der Waals surface area contributed by atoms with Gasteiger partial charge >= 0.3 is 0 Å². The van der Waals surface area contributed by atoms with Crippen LogP contribution in [0.15, 0.2) is 48.7 Å². The van der Waals surface area contributed by atoms with Gasteiger partial charge in [-0.15, -0.1) is 5.10 Å². The first-order chi connectivity index (χ1) is 12.8. The summed E-state index contributed by atoms with van der Waals surface area (Å²) in [7, 11) is 3.14. The van der Waals surface area contributed by atoms with Crippen molar-refractivity contribution in [2.75, 3.05) is 14.2 Å². The molecule has 3 aromatic rings. The first kappa shape index (κ1) is 16.4. The van der Waals surface area contributed by atoms with Crippen molar-refractivity contribution in [1.82, 2.24) is 14.8 Å². The molecular formula is C20H21N3O3. The first-order valence-corrected chi connectivity index (χ1v) is 8.64. The van der Waals surface area contributed by atoms with E-state index in [2.05, 4.69) is 34.3 Å². The van der Waals surface area contributed by atoms with Gasteiger partial charge in [-0.1, -0.05) is 24.3 Å². The van der Waals surface area contributed by atoms with Crippen LogP contribution in [0.4, 0.5) is 0 Å². The number of nitrogens with zero attached hydrogens (tertiary/aromatic N) is 3. The second kappa shape index (κ2) is 7.07.